The third-order valence-electron chi connectivity index (χ3n) is 2.24. The fourth-order valence-electron chi connectivity index (χ4n) is 1.16. The van der Waals surface area contributed by atoms with Crippen LogP contribution in [-0.4, -0.2) is 11.1 Å². The van der Waals surface area contributed by atoms with Crippen LogP contribution < -0.4 is 4.74 Å². The lowest BCUT2D eigenvalue weighted by Crippen LogP contribution is -1.98. The Morgan fingerprint density at radius 2 is 2.15 bits per heavy atom. The van der Waals surface area contributed by atoms with Gasteiger partial charge in [0.05, 0.1) is 0 Å². The predicted molar refractivity (Wildman–Crippen MR) is 52.0 cm³/mol. The Morgan fingerprint density at radius 3 is 2.62 bits per heavy atom. The van der Waals surface area contributed by atoms with Crippen molar-refractivity contribution in [2.24, 2.45) is 0 Å². The highest BCUT2D eigenvalue weighted by molar-refractivity contribution is 5.20. The number of ether oxygens (including phenoxy) is 1. The van der Waals surface area contributed by atoms with Crippen molar-refractivity contribution < 1.29 is 4.74 Å². The highest BCUT2D eigenvalue weighted by Gasteiger charge is 2.23. The first-order valence-corrected chi connectivity index (χ1v) is 4.88. The number of rotatable bonds is 3. The van der Waals surface area contributed by atoms with Crippen molar-refractivity contribution in [2.45, 2.75) is 38.7 Å². The van der Waals surface area contributed by atoms with Crippen LogP contribution in [0.1, 0.15) is 38.2 Å². The summed E-state index contributed by atoms with van der Waals surface area (Å²) in [6, 6.07) is 4.06. The number of pyridine rings is 1. The zero-order chi connectivity index (χ0) is 9.26. The Kier molecular flexibility index (Phi) is 2.21. The van der Waals surface area contributed by atoms with Crippen molar-refractivity contribution in [3.05, 3.63) is 23.9 Å². The van der Waals surface area contributed by atoms with Crippen LogP contribution in [0.5, 0.6) is 5.88 Å². The van der Waals surface area contributed by atoms with Crippen molar-refractivity contribution in [3.8, 4) is 5.88 Å². The summed E-state index contributed by atoms with van der Waals surface area (Å²) in [5.41, 5.74) is 1.27. The molecule has 2 rings (SSSR count). The highest BCUT2D eigenvalue weighted by Crippen LogP contribution is 2.25. The molecule has 2 heteroatoms. The molecular weight excluding hydrogens is 162 g/mol. The SMILES string of the molecule is CC(C)c1ccc(OC2CC2)nc1. The van der Waals surface area contributed by atoms with Gasteiger partial charge in [-0.2, -0.15) is 0 Å². The smallest absolute Gasteiger partial charge is 0.213 e. The zero-order valence-electron chi connectivity index (χ0n) is 8.16. The van der Waals surface area contributed by atoms with Gasteiger partial charge in [-0.3, -0.25) is 0 Å². The van der Waals surface area contributed by atoms with E-state index in [4.69, 9.17) is 4.74 Å². The maximum absolute atomic E-state index is 5.55. The summed E-state index contributed by atoms with van der Waals surface area (Å²) in [5, 5.41) is 0. The van der Waals surface area contributed by atoms with Gasteiger partial charge >= 0.3 is 0 Å². The fourth-order valence-corrected chi connectivity index (χ4v) is 1.16. The van der Waals surface area contributed by atoms with Crippen LogP contribution in [-0.2, 0) is 0 Å². The standard InChI is InChI=1S/C11H15NO/c1-8(2)9-3-6-11(12-7-9)13-10-4-5-10/h3,6-8,10H,4-5H2,1-2H3. The number of hydrogen-bond donors (Lipinski definition) is 0. The van der Waals surface area contributed by atoms with E-state index in [1.807, 2.05) is 12.3 Å². The molecule has 0 bridgehead atoms. The molecule has 0 saturated heterocycles. The summed E-state index contributed by atoms with van der Waals surface area (Å²) in [5.74, 6) is 1.31. The van der Waals surface area contributed by atoms with E-state index in [1.165, 1.54) is 18.4 Å². The van der Waals surface area contributed by atoms with Crippen LogP contribution in [0.4, 0.5) is 0 Å². The average molecular weight is 177 g/mol. The quantitative estimate of drug-likeness (QED) is 0.708. The predicted octanol–water partition coefficient (Wildman–Crippen LogP) is 2.75. The molecule has 1 aromatic heterocycles. The molecule has 0 N–H and O–H groups in total. The lowest BCUT2D eigenvalue weighted by Gasteiger charge is -2.06. The summed E-state index contributed by atoms with van der Waals surface area (Å²) in [4.78, 5) is 4.26. The second-order valence-corrected chi connectivity index (χ2v) is 3.90. The normalized spacial score (nSPS) is 16.2. The molecule has 0 amide bonds. The van der Waals surface area contributed by atoms with Crippen LogP contribution in [0.3, 0.4) is 0 Å². The van der Waals surface area contributed by atoms with Crippen LogP contribution in [0, 0.1) is 0 Å². The van der Waals surface area contributed by atoms with E-state index in [0.717, 1.165) is 5.88 Å². The minimum absolute atomic E-state index is 0.442. The van der Waals surface area contributed by atoms with Gasteiger partial charge in [0.1, 0.15) is 6.10 Å². The summed E-state index contributed by atoms with van der Waals surface area (Å²) in [7, 11) is 0. The molecule has 0 aromatic carbocycles. The minimum Gasteiger partial charge on any atom is -0.474 e. The van der Waals surface area contributed by atoms with Gasteiger partial charge in [0.15, 0.2) is 0 Å². The Morgan fingerprint density at radius 1 is 1.38 bits per heavy atom. The molecule has 1 aliphatic rings. The van der Waals surface area contributed by atoms with Crippen LogP contribution in [0.2, 0.25) is 0 Å². The first kappa shape index (κ1) is 8.54. The molecule has 70 valence electrons. The van der Waals surface area contributed by atoms with Crippen molar-refractivity contribution in [1.82, 2.24) is 4.98 Å². The number of aromatic nitrogens is 1. The van der Waals surface area contributed by atoms with E-state index in [1.54, 1.807) is 0 Å². The van der Waals surface area contributed by atoms with Crippen molar-refractivity contribution >= 4 is 0 Å². The largest absolute Gasteiger partial charge is 0.474 e. The third kappa shape index (κ3) is 2.20. The molecule has 2 nitrogen and oxygen atoms in total. The Hall–Kier alpha value is -1.05. The first-order chi connectivity index (χ1) is 6.25. The molecule has 1 saturated carbocycles. The number of hydrogen-bond acceptors (Lipinski definition) is 2. The van der Waals surface area contributed by atoms with Crippen molar-refractivity contribution in [3.63, 3.8) is 0 Å². The lowest BCUT2D eigenvalue weighted by molar-refractivity contribution is 0.291. The fraction of sp³-hybridized carbons (Fsp3) is 0.545. The van der Waals surface area contributed by atoms with Crippen LogP contribution in [0.15, 0.2) is 18.3 Å². The Bertz CT molecular complexity index is 275. The zero-order valence-corrected chi connectivity index (χ0v) is 8.16. The third-order valence-corrected chi connectivity index (χ3v) is 2.24. The van der Waals surface area contributed by atoms with Crippen LogP contribution in [0.25, 0.3) is 0 Å². The molecule has 0 aliphatic heterocycles. The van der Waals surface area contributed by atoms with Gasteiger partial charge in [-0.05, 0) is 24.3 Å². The molecule has 1 aromatic rings. The van der Waals surface area contributed by atoms with E-state index < -0.39 is 0 Å². The summed E-state index contributed by atoms with van der Waals surface area (Å²) in [6.07, 6.45) is 4.72. The molecule has 1 fully saturated rings. The lowest BCUT2D eigenvalue weighted by atomic mass is 10.1. The second-order valence-electron chi connectivity index (χ2n) is 3.90. The van der Waals surface area contributed by atoms with Gasteiger partial charge in [0, 0.05) is 12.3 Å². The van der Waals surface area contributed by atoms with Gasteiger partial charge in [0.25, 0.3) is 0 Å². The van der Waals surface area contributed by atoms with Gasteiger partial charge in [-0.25, -0.2) is 4.98 Å². The monoisotopic (exact) mass is 177 g/mol. The Labute approximate surface area is 78.9 Å². The van der Waals surface area contributed by atoms with E-state index in [9.17, 15) is 0 Å². The maximum Gasteiger partial charge on any atom is 0.213 e. The summed E-state index contributed by atoms with van der Waals surface area (Å²) < 4.78 is 5.55. The van der Waals surface area contributed by atoms with Crippen LogP contribution >= 0.6 is 0 Å². The van der Waals surface area contributed by atoms with Crippen molar-refractivity contribution in [2.75, 3.05) is 0 Å². The molecule has 0 unspecified atom stereocenters. The summed E-state index contributed by atoms with van der Waals surface area (Å²) >= 11 is 0. The van der Waals surface area contributed by atoms with Crippen molar-refractivity contribution in [1.29, 1.82) is 0 Å². The summed E-state index contributed by atoms with van der Waals surface area (Å²) in [6.45, 7) is 4.33. The Balaban J connectivity index is 2.04. The van der Waals surface area contributed by atoms with Gasteiger partial charge < -0.3 is 4.74 Å². The van der Waals surface area contributed by atoms with E-state index in [-0.39, 0.29) is 0 Å². The first-order valence-electron chi connectivity index (χ1n) is 4.88. The molecule has 0 radical (unpaired) electrons. The minimum atomic E-state index is 0.442. The van der Waals surface area contributed by atoms with Gasteiger partial charge in [-0.1, -0.05) is 19.9 Å². The van der Waals surface area contributed by atoms with Gasteiger partial charge in [-0.15, -0.1) is 0 Å². The highest BCUT2D eigenvalue weighted by atomic mass is 16.5. The maximum atomic E-state index is 5.55. The molecular formula is C11H15NO. The molecule has 1 heterocycles. The van der Waals surface area contributed by atoms with E-state index in [0.29, 0.717) is 12.0 Å². The van der Waals surface area contributed by atoms with E-state index >= 15 is 0 Å². The number of nitrogens with zero attached hydrogens (tertiary/aromatic N) is 1. The topological polar surface area (TPSA) is 22.1 Å². The average Bonchev–Trinajstić information content (AvgIpc) is 2.89. The van der Waals surface area contributed by atoms with Gasteiger partial charge in [0.2, 0.25) is 5.88 Å². The molecule has 13 heavy (non-hydrogen) atoms. The molecule has 0 spiro atoms. The molecule has 0 atom stereocenters. The van der Waals surface area contributed by atoms with E-state index in [2.05, 4.69) is 24.9 Å². The molecule has 1 aliphatic carbocycles. The second kappa shape index (κ2) is 3.36.